The van der Waals surface area contributed by atoms with Gasteiger partial charge in [0.05, 0.1) is 6.26 Å². The molecule has 3 nitrogen and oxygen atoms in total. The smallest absolute Gasteiger partial charge is 0.129 e. The highest BCUT2D eigenvalue weighted by atomic mass is 16.5. The van der Waals surface area contributed by atoms with E-state index in [2.05, 4.69) is 37.4 Å². The monoisotopic (exact) mass is 273 g/mol. The molecule has 0 saturated heterocycles. The molecule has 0 spiro atoms. The van der Waals surface area contributed by atoms with Gasteiger partial charge in [-0.3, -0.25) is 0 Å². The quantitative estimate of drug-likeness (QED) is 0.746. The number of benzene rings is 1. The van der Waals surface area contributed by atoms with Crippen LogP contribution in [0, 0.1) is 13.8 Å². The molecule has 1 aromatic heterocycles. The molecule has 3 heteroatoms. The number of ether oxygens (including phenoxy) is 1. The van der Waals surface area contributed by atoms with E-state index in [0.29, 0.717) is 6.61 Å². The normalized spacial score (nSPS) is 10.9. The van der Waals surface area contributed by atoms with Crippen molar-refractivity contribution in [1.29, 1.82) is 0 Å². The number of furan rings is 1. The minimum absolute atomic E-state index is 0.560. The van der Waals surface area contributed by atoms with Gasteiger partial charge in [0.2, 0.25) is 0 Å². The fourth-order valence-corrected chi connectivity index (χ4v) is 2.27. The van der Waals surface area contributed by atoms with Gasteiger partial charge in [-0.15, -0.1) is 0 Å². The molecule has 2 aromatic rings. The summed E-state index contributed by atoms with van der Waals surface area (Å²) in [4.78, 5) is 0. The molecule has 0 aliphatic heterocycles. The van der Waals surface area contributed by atoms with Crippen molar-refractivity contribution in [2.45, 2.75) is 33.4 Å². The topological polar surface area (TPSA) is 34.4 Å². The van der Waals surface area contributed by atoms with E-state index in [0.717, 1.165) is 31.9 Å². The van der Waals surface area contributed by atoms with Gasteiger partial charge in [-0.25, -0.2) is 0 Å². The summed E-state index contributed by atoms with van der Waals surface area (Å²) in [6.07, 6.45) is 2.68. The van der Waals surface area contributed by atoms with E-state index in [1.807, 2.05) is 12.1 Å². The van der Waals surface area contributed by atoms with E-state index in [4.69, 9.17) is 9.15 Å². The zero-order chi connectivity index (χ0) is 14.2. The molecule has 0 radical (unpaired) electrons. The Morgan fingerprint density at radius 2 is 1.95 bits per heavy atom. The summed E-state index contributed by atoms with van der Waals surface area (Å²) in [6, 6.07) is 10.5. The van der Waals surface area contributed by atoms with E-state index >= 15 is 0 Å². The lowest BCUT2D eigenvalue weighted by molar-refractivity contribution is 0.104. The zero-order valence-corrected chi connectivity index (χ0v) is 12.3. The van der Waals surface area contributed by atoms with Crippen LogP contribution in [0.3, 0.4) is 0 Å². The molecule has 0 unspecified atom stereocenters. The first-order valence-corrected chi connectivity index (χ1v) is 7.12. The minimum atomic E-state index is 0.560. The molecule has 0 aliphatic rings. The molecule has 1 aromatic carbocycles. The molecule has 1 heterocycles. The van der Waals surface area contributed by atoms with Crippen molar-refractivity contribution in [2.24, 2.45) is 0 Å². The van der Waals surface area contributed by atoms with Gasteiger partial charge in [0, 0.05) is 13.2 Å². The predicted molar refractivity (Wildman–Crippen MR) is 80.6 cm³/mol. The highest BCUT2D eigenvalue weighted by Crippen LogP contribution is 2.08. The third-order valence-corrected chi connectivity index (χ3v) is 3.08. The van der Waals surface area contributed by atoms with Crippen LogP contribution in [-0.2, 0) is 17.9 Å². The lowest BCUT2D eigenvalue weighted by Crippen LogP contribution is -2.16. The number of nitrogens with one attached hydrogen (secondary N) is 1. The van der Waals surface area contributed by atoms with E-state index in [1.165, 1.54) is 16.7 Å². The second-order valence-corrected chi connectivity index (χ2v) is 5.16. The second kappa shape index (κ2) is 7.88. The van der Waals surface area contributed by atoms with Crippen LogP contribution in [0.1, 0.15) is 28.9 Å². The Morgan fingerprint density at radius 1 is 1.15 bits per heavy atom. The molecule has 0 amide bonds. The Bertz CT molecular complexity index is 485. The highest BCUT2D eigenvalue weighted by molar-refractivity contribution is 5.28. The van der Waals surface area contributed by atoms with Gasteiger partial charge in [0.1, 0.15) is 12.4 Å². The fraction of sp³-hybridized carbons (Fsp3) is 0.412. The molecule has 0 atom stereocenters. The van der Waals surface area contributed by atoms with Gasteiger partial charge in [-0.05, 0) is 44.5 Å². The standard InChI is InChI=1S/C17H23NO2/c1-14-9-15(2)11-16(10-14)12-18-6-4-7-19-13-17-5-3-8-20-17/h3,5,8-11,18H,4,6-7,12-13H2,1-2H3. The van der Waals surface area contributed by atoms with Gasteiger partial charge in [0.25, 0.3) is 0 Å². The molecular weight excluding hydrogens is 250 g/mol. The van der Waals surface area contributed by atoms with Crippen molar-refractivity contribution < 1.29 is 9.15 Å². The zero-order valence-electron chi connectivity index (χ0n) is 12.3. The van der Waals surface area contributed by atoms with E-state index in [1.54, 1.807) is 6.26 Å². The fourth-order valence-electron chi connectivity index (χ4n) is 2.27. The summed E-state index contributed by atoms with van der Waals surface area (Å²) in [5.74, 6) is 0.883. The van der Waals surface area contributed by atoms with Crippen LogP contribution in [0.2, 0.25) is 0 Å². The molecule has 0 aliphatic carbocycles. The molecule has 0 fully saturated rings. The van der Waals surface area contributed by atoms with E-state index in [9.17, 15) is 0 Å². The van der Waals surface area contributed by atoms with Crippen molar-refractivity contribution in [3.05, 3.63) is 59.0 Å². The van der Waals surface area contributed by atoms with Crippen LogP contribution < -0.4 is 5.32 Å². The largest absolute Gasteiger partial charge is 0.467 e. The summed E-state index contributed by atoms with van der Waals surface area (Å²) >= 11 is 0. The molecule has 2 rings (SSSR count). The molecule has 0 bridgehead atoms. The van der Waals surface area contributed by atoms with Crippen LogP contribution >= 0.6 is 0 Å². The second-order valence-electron chi connectivity index (χ2n) is 5.16. The Labute approximate surface area is 121 Å². The first kappa shape index (κ1) is 14.8. The van der Waals surface area contributed by atoms with Crippen molar-refractivity contribution in [3.8, 4) is 0 Å². The van der Waals surface area contributed by atoms with Gasteiger partial charge in [-0.2, -0.15) is 0 Å². The molecule has 108 valence electrons. The highest BCUT2D eigenvalue weighted by Gasteiger charge is 1.97. The van der Waals surface area contributed by atoms with Crippen LogP contribution in [0.15, 0.2) is 41.0 Å². The maximum absolute atomic E-state index is 5.53. The van der Waals surface area contributed by atoms with E-state index < -0.39 is 0 Å². The Hall–Kier alpha value is -1.58. The maximum atomic E-state index is 5.53. The summed E-state index contributed by atoms with van der Waals surface area (Å²) in [5, 5.41) is 3.45. The van der Waals surface area contributed by atoms with Gasteiger partial charge in [-0.1, -0.05) is 29.3 Å². The SMILES string of the molecule is Cc1cc(C)cc(CNCCCOCc2ccco2)c1. The number of hydrogen-bond acceptors (Lipinski definition) is 3. The molecule has 20 heavy (non-hydrogen) atoms. The summed E-state index contributed by atoms with van der Waals surface area (Å²) in [6.45, 7) is 7.47. The van der Waals surface area contributed by atoms with Crippen molar-refractivity contribution in [3.63, 3.8) is 0 Å². The minimum Gasteiger partial charge on any atom is -0.467 e. The van der Waals surface area contributed by atoms with E-state index in [-0.39, 0.29) is 0 Å². The summed E-state index contributed by atoms with van der Waals surface area (Å²) in [5.41, 5.74) is 3.99. The summed E-state index contributed by atoms with van der Waals surface area (Å²) < 4.78 is 10.7. The van der Waals surface area contributed by atoms with Crippen LogP contribution in [0.25, 0.3) is 0 Å². The van der Waals surface area contributed by atoms with Gasteiger partial charge < -0.3 is 14.5 Å². The third kappa shape index (κ3) is 5.19. The first-order chi connectivity index (χ1) is 9.74. The lowest BCUT2D eigenvalue weighted by atomic mass is 10.1. The lowest BCUT2D eigenvalue weighted by Gasteiger charge is -2.07. The summed E-state index contributed by atoms with van der Waals surface area (Å²) in [7, 11) is 0. The molecule has 1 N–H and O–H groups in total. The van der Waals surface area contributed by atoms with Crippen LogP contribution in [0.4, 0.5) is 0 Å². The van der Waals surface area contributed by atoms with Crippen molar-refractivity contribution >= 4 is 0 Å². The average Bonchev–Trinajstić information content (AvgIpc) is 2.89. The van der Waals surface area contributed by atoms with Crippen molar-refractivity contribution in [2.75, 3.05) is 13.2 Å². The maximum Gasteiger partial charge on any atom is 0.129 e. The predicted octanol–water partition coefficient (Wildman–Crippen LogP) is 3.59. The van der Waals surface area contributed by atoms with Gasteiger partial charge in [0.15, 0.2) is 0 Å². The third-order valence-electron chi connectivity index (χ3n) is 3.08. The Balaban J connectivity index is 1.55. The average molecular weight is 273 g/mol. The Kier molecular flexibility index (Phi) is 5.84. The van der Waals surface area contributed by atoms with Gasteiger partial charge >= 0.3 is 0 Å². The molecular formula is C17H23NO2. The number of aryl methyl sites for hydroxylation is 2. The van der Waals surface area contributed by atoms with Crippen LogP contribution in [-0.4, -0.2) is 13.2 Å². The number of rotatable bonds is 8. The van der Waals surface area contributed by atoms with Crippen LogP contribution in [0.5, 0.6) is 0 Å². The Morgan fingerprint density at radius 3 is 2.65 bits per heavy atom. The molecule has 0 saturated carbocycles. The number of hydrogen-bond donors (Lipinski definition) is 1. The first-order valence-electron chi connectivity index (χ1n) is 7.12. The van der Waals surface area contributed by atoms with Crippen molar-refractivity contribution in [1.82, 2.24) is 5.32 Å².